The summed E-state index contributed by atoms with van der Waals surface area (Å²) in [6.07, 6.45) is 5.21. The van der Waals surface area contributed by atoms with Gasteiger partial charge in [0.25, 0.3) is 0 Å². The van der Waals surface area contributed by atoms with Crippen molar-refractivity contribution in [3.63, 3.8) is 0 Å². The molecule has 1 aromatic carbocycles. The van der Waals surface area contributed by atoms with E-state index in [-0.39, 0.29) is 0 Å². The SMILES string of the molecule is c1ccc2c(c1)nc(C1CCCNC1)n2C1CC1. The van der Waals surface area contributed by atoms with Crippen LogP contribution in [0.3, 0.4) is 0 Å². The van der Waals surface area contributed by atoms with Crippen LogP contribution in [0.15, 0.2) is 24.3 Å². The summed E-state index contributed by atoms with van der Waals surface area (Å²) < 4.78 is 2.52. The molecule has 2 aliphatic rings. The van der Waals surface area contributed by atoms with Crippen LogP contribution in [0.2, 0.25) is 0 Å². The highest BCUT2D eigenvalue weighted by molar-refractivity contribution is 5.76. The van der Waals surface area contributed by atoms with Gasteiger partial charge in [0.1, 0.15) is 5.82 Å². The number of imidazole rings is 1. The summed E-state index contributed by atoms with van der Waals surface area (Å²) in [4.78, 5) is 4.92. The Hall–Kier alpha value is -1.35. The minimum Gasteiger partial charge on any atom is -0.325 e. The molecule has 2 fully saturated rings. The maximum atomic E-state index is 4.92. The molecule has 1 aliphatic carbocycles. The number of fused-ring (bicyclic) bond motifs is 1. The second-order valence-electron chi connectivity index (χ2n) is 5.60. The molecule has 1 N–H and O–H groups in total. The Bertz CT molecular complexity index is 562. The number of rotatable bonds is 2. The van der Waals surface area contributed by atoms with Crippen molar-refractivity contribution in [2.45, 2.75) is 37.6 Å². The van der Waals surface area contributed by atoms with Crippen LogP contribution in [0.1, 0.15) is 43.5 Å². The zero-order valence-electron chi connectivity index (χ0n) is 10.6. The van der Waals surface area contributed by atoms with E-state index in [1.54, 1.807) is 0 Å². The number of benzene rings is 1. The lowest BCUT2D eigenvalue weighted by Gasteiger charge is -2.23. The van der Waals surface area contributed by atoms with Crippen LogP contribution in [0.25, 0.3) is 11.0 Å². The largest absolute Gasteiger partial charge is 0.325 e. The van der Waals surface area contributed by atoms with Gasteiger partial charge in [-0.05, 0) is 44.4 Å². The number of para-hydroxylation sites is 2. The summed E-state index contributed by atoms with van der Waals surface area (Å²) in [5, 5.41) is 3.51. The predicted octanol–water partition coefficient (Wildman–Crippen LogP) is 2.84. The van der Waals surface area contributed by atoms with Gasteiger partial charge in [0.05, 0.1) is 11.0 Å². The summed E-state index contributed by atoms with van der Waals surface area (Å²) in [6, 6.07) is 9.31. The maximum Gasteiger partial charge on any atom is 0.114 e. The Labute approximate surface area is 107 Å². The molecule has 0 amide bonds. The zero-order valence-corrected chi connectivity index (χ0v) is 10.6. The highest BCUT2D eigenvalue weighted by atomic mass is 15.1. The number of piperidine rings is 1. The van der Waals surface area contributed by atoms with Crippen LogP contribution >= 0.6 is 0 Å². The molecule has 1 saturated carbocycles. The highest BCUT2D eigenvalue weighted by Gasteiger charge is 2.31. The summed E-state index contributed by atoms with van der Waals surface area (Å²) in [6.45, 7) is 2.26. The Kier molecular flexibility index (Phi) is 2.40. The fourth-order valence-corrected chi connectivity index (χ4v) is 3.14. The van der Waals surface area contributed by atoms with Crippen LogP contribution in [0, 0.1) is 0 Å². The molecule has 2 heterocycles. The molecular formula is C15H19N3. The van der Waals surface area contributed by atoms with Gasteiger partial charge in [0.15, 0.2) is 0 Å². The first kappa shape index (κ1) is 10.6. The van der Waals surface area contributed by atoms with Crippen molar-refractivity contribution in [2.24, 2.45) is 0 Å². The lowest BCUT2D eigenvalue weighted by atomic mass is 9.99. The van der Waals surface area contributed by atoms with E-state index in [1.165, 1.54) is 49.1 Å². The first-order chi connectivity index (χ1) is 8.93. The molecule has 3 nitrogen and oxygen atoms in total. The van der Waals surface area contributed by atoms with Crippen LogP contribution in [-0.2, 0) is 0 Å². The van der Waals surface area contributed by atoms with Crippen LogP contribution in [0.5, 0.6) is 0 Å². The number of nitrogens with one attached hydrogen (secondary N) is 1. The van der Waals surface area contributed by atoms with E-state index in [0.29, 0.717) is 12.0 Å². The third-order valence-corrected chi connectivity index (χ3v) is 4.20. The topological polar surface area (TPSA) is 29.9 Å². The van der Waals surface area contributed by atoms with Gasteiger partial charge in [-0.15, -0.1) is 0 Å². The number of nitrogens with zero attached hydrogens (tertiary/aromatic N) is 2. The Balaban J connectivity index is 1.84. The van der Waals surface area contributed by atoms with Crippen molar-refractivity contribution in [2.75, 3.05) is 13.1 Å². The minimum absolute atomic E-state index is 0.603. The minimum atomic E-state index is 0.603. The van der Waals surface area contributed by atoms with Crippen molar-refractivity contribution in [3.8, 4) is 0 Å². The van der Waals surface area contributed by atoms with E-state index in [1.807, 2.05) is 0 Å². The van der Waals surface area contributed by atoms with E-state index in [9.17, 15) is 0 Å². The fraction of sp³-hybridized carbons (Fsp3) is 0.533. The number of hydrogen-bond donors (Lipinski definition) is 1. The van der Waals surface area contributed by atoms with Crippen LogP contribution < -0.4 is 5.32 Å². The standard InChI is InChI=1S/C15H19N3/c1-2-6-14-13(5-1)17-15(18(14)12-7-8-12)11-4-3-9-16-10-11/h1-2,5-6,11-12,16H,3-4,7-10H2. The third kappa shape index (κ3) is 1.65. The molecule has 1 unspecified atom stereocenters. The Morgan fingerprint density at radius 3 is 2.83 bits per heavy atom. The lowest BCUT2D eigenvalue weighted by Crippen LogP contribution is -2.30. The van der Waals surface area contributed by atoms with E-state index < -0.39 is 0 Å². The Morgan fingerprint density at radius 1 is 1.17 bits per heavy atom. The summed E-state index contributed by atoms with van der Waals surface area (Å²) in [5.41, 5.74) is 2.51. The first-order valence-electron chi connectivity index (χ1n) is 7.11. The van der Waals surface area contributed by atoms with Crippen LogP contribution in [0.4, 0.5) is 0 Å². The average molecular weight is 241 g/mol. The number of aromatic nitrogens is 2. The molecule has 1 aliphatic heterocycles. The van der Waals surface area contributed by atoms with Gasteiger partial charge >= 0.3 is 0 Å². The molecule has 3 heteroatoms. The molecule has 4 rings (SSSR count). The quantitative estimate of drug-likeness (QED) is 0.876. The van der Waals surface area contributed by atoms with Gasteiger partial charge in [0.2, 0.25) is 0 Å². The molecule has 18 heavy (non-hydrogen) atoms. The molecule has 1 atom stereocenters. The van der Waals surface area contributed by atoms with Crippen molar-refractivity contribution >= 4 is 11.0 Å². The molecule has 94 valence electrons. The van der Waals surface area contributed by atoms with Gasteiger partial charge in [-0.25, -0.2) is 4.98 Å². The van der Waals surface area contributed by atoms with Gasteiger partial charge in [-0.1, -0.05) is 12.1 Å². The predicted molar refractivity (Wildman–Crippen MR) is 72.8 cm³/mol. The summed E-state index contributed by atoms with van der Waals surface area (Å²) >= 11 is 0. The van der Waals surface area contributed by atoms with E-state index in [4.69, 9.17) is 4.98 Å². The van der Waals surface area contributed by atoms with Gasteiger partial charge in [0, 0.05) is 18.5 Å². The second kappa shape index (κ2) is 4.09. The second-order valence-corrected chi connectivity index (χ2v) is 5.60. The summed E-state index contributed by atoms with van der Waals surface area (Å²) in [7, 11) is 0. The molecule has 1 saturated heterocycles. The fourth-order valence-electron chi connectivity index (χ4n) is 3.14. The molecule has 0 spiro atoms. The monoisotopic (exact) mass is 241 g/mol. The third-order valence-electron chi connectivity index (χ3n) is 4.20. The van der Waals surface area contributed by atoms with Crippen molar-refractivity contribution < 1.29 is 0 Å². The smallest absolute Gasteiger partial charge is 0.114 e. The average Bonchev–Trinajstić information content (AvgIpc) is 3.19. The molecule has 0 radical (unpaired) electrons. The Morgan fingerprint density at radius 2 is 2.06 bits per heavy atom. The van der Waals surface area contributed by atoms with Crippen molar-refractivity contribution in [3.05, 3.63) is 30.1 Å². The summed E-state index contributed by atoms with van der Waals surface area (Å²) in [5.74, 6) is 1.93. The molecule has 2 aromatic rings. The van der Waals surface area contributed by atoms with Crippen LogP contribution in [-0.4, -0.2) is 22.6 Å². The maximum absolute atomic E-state index is 4.92. The normalized spacial score (nSPS) is 24.6. The van der Waals surface area contributed by atoms with E-state index >= 15 is 0 Å². The van der Waals surface area contributed by atoms with Crippen molar-refractivity contribution in [1.29, 1.82) is 0 Å². The first-order valence-corrected chi connectivity index (χ1v) is 7.11. The van der Waals surface area contributed by atoms with Gasteiger partial charge in [-0.2, -0.15) is 0 Å². The molecular weight excluding hydrogens is 222 g/mol. The zero-order chi connectivity index (χ0) is 11.9. The lowest BCUT2D eigenvalue weighted by molar-refractivity contribution is 0.435. The van der Waals surface area contributed by atoms with E-state index in [0.717, 1.165) is 6.54 Å². The number of hydrogen-bond acceptors (Lipinski definition) is 2. The van der Waals surface area contributed by atoms with Gasteiger partial charge in [-0.3, -0.25) is 0 Å². The van der Waals surface area contributed by atoms with E-state index in [2.05, 4.69) is 34.1 Å². The van der Waals surface area contributed by atoms with Gasteiger partial charge < -0.3 is 9.88 Å². The molecule has 0 bridgehead atoms. The highest BCUT2D eigenvalue weighted by Crippen LogP contribution is 2.40. The van der Waals surface area contributed by atoms with Crippen molar-refractivity contribution in [1.82, 2.24) is 14.9 Å². The molecule has 1 aromatic heterocycles.